The lowest BCUT2D eigenvalue weighted by Gasteiger charge is -2.17. The van der Waals surface area contributed by atoms with Crippen molar-refractivity contribution in [3.63, 3.8) is 0 Å². The second-order valence-electron chi connectivity index (χ2n) is 5.65. The van der Waals surface area contributed by atoms with Crippen LogP contribution in [0.1, 0.15) is 18.4 Å². The maximum absolute atomic E-state index is 12.1. The van der Waals surface area contributed by atoms with Gasteiger partial charge in [0, 0.05) is 24.2 Å². The number of hydrogen-bond acceptors (Lipinski definition) is 2. The first-order valence-electron chi connectivity index (χ1n) is 7.88. The highest BCUT2D eigenvalue weighted by molar-refractivity contribution is 6.30. The lowest BCUT2D eigenvalue weighted by molar-refractivity contribution is -0.133. The Morgan fingerprint density at radius 3 is 2.54 bits per heavy atom. The van der Waals surface area contributed by atoms with Gasteiger partial charge in [0.1, 0.15) is 0 Å². The van der Waals surface area contributed by atoms with Crippen LogP contribution in [-0.4, -0.2) is 30.3 Å². The molecule has 0 aromatic heterocycles. The smallest absolute Gasteiger partial charge is 0.243 e. The van der Waals surface area contributed by atoms with E-state index in [9.17, 15) is 9.59 Å². The van der Waals surface area contributed by atoms with E-state index in [2.05, 4.69) is 5.32 Å². The van der Waals surface area contributed by atoms with Gasteiger partial charge in [-0.1, -0.05) is 48.0 Å². The highest BCUT2D eigenvalue weighted by Gasteiger charge is 2.13. The molecule has 2 rings (SSSR count). The number of amides is 2. The zero-order valence-electron chi connectivity index (χ0n) is 13.7. The van der Waals surface area contributed by atoms with Crippen molar-refractivity contribution in [3.05, 3.63) is 65.2 Å². The minimum absolute atomic E-state index is 0.0245. The molecule has 2 amide bonds. The summed E-state index contributed by atoms with van der Waals surface area (Å²) in [5, 5.41) is 3.29. The third-order valence-electron chi connectivity index (χ3n) is 3.61. The standard InChI is InChI=1S/C19H21ClN2O2/c1-22(14-18(23)21-17-11-6-10-16(20)13-17)19(24)12-5-9-15-7-3-2-4-8-15/h2-4,6-8,10-11,13H,5,9,12,14H2,1H3,(H,21,23). The molecule has 1 N–H and O–H groups in total. The first kappa shape index (κ1) is 18.0. The Kier molecular flexibility index (Phi) is 6.82. The van der Waals surface area contributed by atoms with Crippen LogP contribution in [0.25, 0.3) is 0 Å². The van der Waals surface area contributed by atoms with Gasteiger partial charge in [-0.3, -0.25) is 9.59 Å². The van der Waals surface area contributed by atoms with Gasteiger partial charge in [-0.2, -0.15) is 0 Å². The molecule has 2 aromatic carbocycles. The van der Waals surface area contributed by atoms with Crippen LogP contribution in [0.15, 0.2) is 54.6 Å². The third kappa shape index (κ3) is 6.05. The summed E-state index contributed by atoms with van der Waals surface area (Å²) in [6, 6.07) is 17.0. The number of anilines is 1. The van der Waals surface area contributed by atoms with Gasteiger partial charge < -0.3 is 10.2 Å². The van der Waals surface area contributed by atoms with Gasteiger partial charge in [0.25, 0.3) is 0 Å². The van der Waals surface area contributed by atoms with Crippen LogP contribution in [0, 0.1) is 0 Å². The lowest BCUT2D eigenvalue weighted by atomic mass is 10.1. The van der Waals surface area contributed by atoms with Crippen LogP contribution < -0.4 is 5.32 Å². The lowest BCUT2D eigenvalue weighted by Crippen LogP contribution is -2.34. The molecule has 0 bridgehead atoms. The van der Waals surface area contributed by atoms with E-state index < -0.39 is 0 Å². The number of benzene rings is 2. The highest BCUT2D eigenvalue weighted by atomic mass is 35.5. The number of aryl methyl sites for hydroxylation is 1. The molecule has 0 radical (unpaired) electrons. The Morgan fingerprint density at radius 1 is 1.08 bits per heavy atom. The average molecular weight is 345 g/mol. The average Bonchev–Trinajstić information content (AvgIpc) is 2.55. The van der Waals surface area contributed by atoms with Gasteiger partial charge in [0.2, 0.25) is 11.8 Å². The summed E-state index contributed by atoms with van der Waals surface area (Å²) in [5.74, 6) is -0.275. The fourth-order valence-electron chi connectivity index (χ4n) is 2.35. The molecule has 2 aromatic rings. The molecule has 4 nitrogen and oxygen atoms in total. The van der Waals surface area contributed by atoms with Crippen molar-refractivity contribution in [1.29, 1.82) is 0 Å². The molecule has 126 valence electrons. The summed E-state index contributed by atoms with van der Waals surface area (Å²) in [7, 11) is 1.64. The van der Waals surface area contributed by atoms with Crippen molar-refractivity contribution >= 4 is 29.1 Å². The number of nitrogens with one attached hydrogen (secondary N) is 1. The zero-order valence-corrected chi connectivity index (χ0v) is 14.4. The molecule has 0 unspecified atom stereocenters. The first-order valence-corrected chi connectivity index (χ1v) is 8.25. The van der Waals surface area contributed by atoms with Crippen molar-refractivity contribution in [2.24, 2.45) is 0 Å². The number of carbonyl (C=O) groups is 2. The summed E-state index contributed by atoms with van der Waals surface area (Å²) >= 11 is 5.88. The molecule has 0 saturated heterocycles. The SMILES string of the molecule is CN(CC(=O)Nc1cccc(Cl)c1)C(=O)CCCc1ccccc1. The molecule has 0 saturated carbocycles. The maximum Gasteiger partial charge on any atom is 0.243 e. The van der Waals surface area contributed by atoms with Crippen LogP contribution in [0.4, 0.5) is 5.69 Å². The van der Waals surface area contributed by atoms with E-state index in [1.165, 1.54) is 10.5 Å². The quantitative estimate of drug-likeness (QED) is 0.831. The molecular weight excluding hydrogens is 324 g/mol. The Morgan fingerprint density at radius 2 is 1.83 bits per heavy atom. The zero-order chi connectivity index (χ0) is 17.4. The predicted molar refractivity (Wildman–Crippen MR) is 97.1 cm³/mol. The number of rotatable bonds is 7. The van der Waals surface area contributed by atoms with E-state index in [-0.39, 0.29) is 18.4 Å². The predicted octanol–water partition coefficient (Wildman–Crippen LogP) is 3.76. The minimum Gasteiger partial charge on any atom is -0.336 e. The van der Waals surface area contributed by atoms with Crippen molar-refractivity contribution < 1.29 is 9.59 Å². The van der Waals surface area contributed by atoms with Crippen molar-refractivity contribution in [1.82, 2.24) is 4.90 Å². The molecule has 5 heteroatoms. The van der Waals surface area contributed by atoms with Gasteiger partial charge in [-0.05, 0) is 36.6 Å². The van der Waals surface area contributed by atoms with E-state index in [4.69, 9.17) is 11.6 Å². The summed E-state index contributed by atoms with van der Waals surface area (Å²) in [4.78, 5) is 25.5. The summed E-state index contributed by atoms with van der Waals surface area (Å²) < 4.78 is 0. The van der Waals surface area contributed by atoms with Gasteiger partial charge in [0.15, 0.2) is 0 Å². The van der Waals surface area contributed by atoms with E-state index in [1.54, 1.807) is 31.3 Å². The second kappa shape index (κ2) is 9.08. The Bertz CT molecular complexity index is 689. The normalized spacial score (nSPS) is 10.2. The van der Waals surface area contributed by atoms with Gasteiger partial charge in [-0.15, -0.1) is 0 Å². The summed E-state index contributed by atoms with van der Waals surface area (Å²) in [6.45, 7) is 0.0245. The first-order chi connectivity index (χ1) is 11.5. The van der Waals surface area contributed by atoms with Crippen LogP contribution in [-0.2, 0) is 16.0 Å². The molecule has 24 heavy (non-hydrogen) atoms. The molecule has 0 aliphatic carbocycles. The van der Waals surface area contributed by atoms with Crippen LogP contribution >= 0.6 is 11.6 Å². The fourth-order valence-corrected chi connectivity index (χ4v) is 2.54. The number of nitrogens with zero attached hydrogens (tertiary/aromatic N) is 1. The topological polar surface area (TPSA) is 49.4 Å². The number of likely N-dealkylation sites (N-methyl/N-ethyl adjacent to an activating group) is 1. The molecule has 0 fully saturated rings. The van der Waals surface area contributed by atoms with Crippen LogP contribution in [0.2, 0.25) is 5.02 Å². The molecule has 0 heterocycles. The largest absolute Gasteiger partial charge is 0.336 e. The van der Waals surface area contributed by atoms with Crippen molar-refractivity contribution in [2.45, 2.75) is 19.3 Å². The number of halogens is 1. The molecule has 0 atom stereocenters. The van der Waals surface area contributed by atoms with Crippen molar-refractivity contribution in [2.75, 3.05) is 18.9 Å². The number of hydrogen-bond donors (Lipinski definition) is 1. The number of carbonyl (C=O) groups excluding carboxylic acids is 2. The van der Waals surface area contributed by atoms with E-state index in [0.717, 1.165) is 12.8 Å². The highest BCUT2D eigenvalue weighted by Crippen LogP contribution is 2.14. The van der Waals surface area contributed by atoms with Crippen molar-refractivity contribution in [3.8, 4) is 0 Å². The third-order valence-corrected chi connectivity index (χ3v) is 3.85. The molecule has 0 aliphatic heterocycles. The summed E-state index contributed by atoms with van der Waals surface area (Å²) in [5.41, 5.74) is 1.84. The van der Waals surface area contributed by atoms with Gasteiger partial charge >= 0.3 is 0 Å². The molecule has 0 spiro atoms. The molecule has 0 aliphatic rings. The Hall–Kier alpha value is -2.33. The maximum atomic E-state index is 12.1. The van der Waals surface area contributed by atoms with Crippen LogP contribution in [0.3, 0.4) is 0 Å². The monoisotopic (exact) mass is 344 g/mol. The van der Waals surface area contributed by atoms with E-state index in [1.807, 2.05) is 30.3 Å². The molecular formula is C19H21ClN2O2. The summed E-state index contributed by atoms with van der Waals surface area (Å²) in [6.07, 6.45) is 2.05. The minimum atomic E-state index is -0.240. The van der Waals surface area contributed by atoms with E-state index >= 15 is 0 Å². The van der Waals surface area contributed by atoms with E-state index in [0.29, 0.717) is 17.1 Å². The Labute approximate surface area is 147 Å². The van der Waals surface area contributed by atoms with Gasteiger partial charge in [-0.25, -0.2) is 0 Å². The van der Waals surface area contributed by atoms with Crippen LogP contribution in [0.5, 0.6) is 0 Å². The fraction of sp³-hybridized carbons (Fsp3) is 0.263. The second-order valence-corrected chi connectivity index (χ2v) is 6.08. The Balaban J connectivity index is 1.73. The van der Waals surface area contributed by atoms with Gasteiger partial charge in [0.05, 0.1) is 6.54 Å².